The Bertz CT molecular complexity index is 1400. The highest BCUT2D eigenvalue weighted by atomic mass is 32.2. The third-order valence-corrected chi connectivity index (χ3v) is 6.50. The molecule has 5 rings (SSSR count). The summed E-state index contributed by atoms with van der Waals surface area (Å²) in [6, 6.07) is 7.32. The van der Waals surface area contributed by atoms with E-state index in [9.17, 15) is 8.42 Å². The quantitative estimate of drug-likeness (QED) is 0.375. The van der Waals surface area contributed by atoms with Crippen LogP contribution in [0.15, 0.2) is 41.1 Å². The summed E-state index contributed by atoms with van der Waals surface area (Å²) in [7, 11) is -3.02. The van der Waals surface area contributed by atoms with Gasteiger partial charge in [0, 0.05) is 31.6 Å². The zero-order valence-corrected chi connectivity index (χ0v) is 19.3. The predicted molar refractivity (Wildman–Crippen MR) is 123 cm³/mol. The van der Waals surface area contributed by atoms with Gasteiger partial charge < -0.3 is 18.8 Å². The maximum Gasteiger partial charge on any atom is 0.231 e. The molecule has 1 atom stereocenters. The van der Waals surface area contributed by atoms with Gasteiger partial charge in [0.05, 0.1) is 36.7 Å². The van der Waals surface area contributed by atoms with E-state index in [0.29, 0.717) is 36.0 Å². The fourth-order valence-corrected chi connectivity index (χ4v) is 4.58. The van der Waals surface area contributed by atoms with Gasteiger partial charge in [0.1, 0.15) is 26.9 Å². The van der Waals surface area contributed by atoms with Gasteiger partial charge in [-0.1, -0.05) is 0 Å². The summed E-state index contributed by atoms with van der Waals surface area (Å²) in [6.07, 6.45) is 5.20. The molecule has 0 saturated carbocycles. The number of anilines is 1. The van der Waals surface area contributed by atoms with Crippen LogP contribution >= 0.6 is 0 Å². The number of sulfone groups is 1. The molecule has 0 amide bonds. The molecule has 11 heteroatoms. The minimum Gasteiger partial charge on any atom is -0.477 e. The summed E-state index contributed by atoms with van der Waals surface area (Å²) < 4.78 is 41.7. The number of imidazole rings is 1. The highest BCUT2D eigenvalue weighted by molar-refractivity contribution is 7.90. The lowest BCUT2D eigenvalue weighted by atomic mass is 10.2. The number of aromatic nitrogens is 4. The van der Waals surface area contributed by atoms with Crippen molar-refractivity contribution in [2.24, 2.45) is 0 Å². The first kappa shape index (κ1) is 21.7. The van der Waals surface area contributed by atoms with Crippen LogP contribution in [0.3, 0.4) is 0 Å². The number of rotatable bonds is 7. The summed E-state index contributed by atoms with van der Waals surface area (Å²) in [5.41, 5.74) is 2.07. The van der Waals surface area contributed by atoms with Crippen LogP contribution in [0.2, 0.25) is 0 Å². The lowest BCUT2D eigenvalue weighted by Gasteiger charge is -2.32. The van der Waals surface area contributed by atoms with Crippen LogP contribution in [0.25, 0.3) is 28.1 Å². The Morgan fingerprint density at radius 2 is 2.12 bits per heavy atom. The molecule has 0 bridgehead atoms. The number of morpholine rings is 1. The number of fused-ring (bicyclic) bond motifs is 2. The lowest BCUT2D eigenvalue weighted by Crippen LogP contribution is -2.41. The van der Waals surface area contributed by atoms with Crippen molar-refractivity contribution in [2.75, 3.05) is 43.2 Å². The monoisotopic (exact) mass is 471 g/mol. The minimum atomic E-state index is -3.02. The molecule has 1 saturated heterocycles. The second kappa shape index (κ2) is 8.64. The molecule has 4 aromatic rings. The molecule has 33 heavy (non-hydrogen) atoms. The Hall–Kier alpha value is -3.18. The van der Waals surface area contributed by atoms with Gasteiger partial charge in [-0.3, -0.25) is 0 Å². The van der Waals surface area contributed by atoms with E-state index in [1.165, 1.54) is 6.26 Å². The fourth-order valence-electron chi connectivity index (χ4n) is 3.94. The SMILES string of the molecule is C[C@@H]1CN(c2nccc3oc(-c4cnc5ccc(OCCCS(C)(=O)=O)nn45)cc23)CCO1. The number of nitrogens with zero attached hydrogens (tertiary/aromatic N) is 5. The first-order valence-corrected chi connectivity index (χ1v) is 12.8. The standard InChI is InChI=1S/C22H25N5O5S/c1-15-14-26(8-10-30-15)22-16-12-19(32-18(16)6-7-23-22)17-13-24-20-4-5-21(25-27(17)20)31-9-3-11-33(2,28)29/h4-7,12-13,15H,3,8-11,14H2,1-2H3/t15-/m1/s1. The number of hydrogen-bond acceptors (Lipinski definition) is 9. The smallest absolute Gasteiger partial charge is 0.231 e. The van der Waals surface area contributed by atoms with Crippen LogP contribution in [0, 0.1) is 0 Å². The summed E-state index contributed by atoms with van der Waals surface area (Å²) in [4.78, 5) is 11.2. The largest absolute Gasteiger partial charge is 0.477 e. The average Bonchev–Trinajstić information content (AvgIpc) is 3.39. The van der Waals surface area contributed by atoms with Crippen LogP contribution in [-0.4, -0.2) is 72.4 Å². The second-order valence-electron chi connectivity index (χ2n) is 8.20. The molecule has 0 N–H and O–H groups in total. The van der Waals surface area contributed by atoms with Gasteiger partial charge in [0.15, 0.2) is 11.4 Å². The number of ether oxygens (including phenoxy) is 2. The van der Waals surface area contributed by atoms with Gasteiger partial charge in [-0.15, -0.1) is 5.10 Å². The molecule has 1 aliphatic rings. The Labute approximate surface area is 191 Å². The Morgan fingerprint density at radius 3 is 2.94 bits per heavy atom. The molecule has 0 radical (unpaired) electrons. The normalized spacial score (nSPS) is 17.2. The summed E-state index contributed by atoms with van der Waals surface area (Å²) >= 11 is 0. The highest BCUT2D eigenvalue weighted by Crippen LogP contribution is 2.33. The third-order valence-electron chi connectivity index (χ3n) is 5.46. The Kier molecular flexibility index (Phi) is 5.67. The van der Waals surface area contributed by atoms with Gasteiger partial charge in [-0.25, -0.2) is 22.9 Å². The van der Waals surface area contributed by atoms with Gasteiger partial charge in [-0.05, 0) is 31.5 Å². The van der Waals surface area contributed by atoms with Crippen LogP contribution in [0.4, 0.5) is 5.82 Å². The van der Waals surface area contributed by atoms with Crippen LogP contribution in [0.5, 0.6) is 5.88 Å². The summed E-state index contributed by atoms with van der Waals surface area (Å²) in [5.74, 6) is 1.95. The first-order chi connectivity index (χ1) is 15.9. The van der Waals surface area contributed by atoms with E-state index in [1.54, 1.807) is 29.0 Å². The fraction of sp³-hybridized carbons (Fsp3) is 0.409. The van der Waals surface area contributed by atoms with Crippen LogP contribution in [0.1, 0.15) is 13.3 Å². The van der Waals surface area contributed by atoms with Gasteiger partial charge >= 0.3 is 0 Å². The van der Waals surface area contributed by atoms with E-state index >= 15 is 0 Å². The Morgan fingerprint density at radius 1 is 1.24 bits per heavy atom. The molecule has 174 valence electrons. The molecular formula is C22H25N5O5S. The van der Waals surface area contributed by atoms with Crippen molar-refractivity contribution in [3.63, 3.8) is 0 Å². The van der Waals surface area contributed by atoms with E-state index in [1.807, 2.05) is 12.1 Å². The van der Waals surface area contributed by atoms with Crippen LogP contribution < -0.4 is 9.64 Å². The first-order valence-electron chi connectivity index (χ1n) is 10.8. The maximum absolute atomic E-state index is 11.3. The van der Waals surface area contributed by atoms with Crippen molar-refractivity contribution < 1.29 is 22.3 Å². The van der Waals surface area contributed by atoms with Crippen molar-refractivity contribution >= 4 is 32.3 Å². The van der Waals surface area contributed by atoms with Gasteiger partial charge in [0.2, 0.25) is 5.88 Å². The lowest BCUT2D eigenvalue weighted by molar-refractivity contribution is 0.0530. The zero-order valence-electron chi connectivity index (χ0n) is 18.5. The average molecular weight is 472 g/mol. The number of pyridine rings is 1. The van der Waals surface area contributed by atoms with E-state index in [-0.39, 0.29) is 18.5 Å². The minimum absolute atomic E-state index is 0.0723. The molecule has 4 aromatic heterocycles. The van der Waals surface area contributed by atoms with Gasteiger partial charge in [-0.2, -0.15) is 0 Å². The van der Waals surface area contributed by atoms with Crippen LogP contribution in [-0.2, 0) is 14.6 Å². The van der Waals surface area contributed by atoms with E-state index < -0.39 is 9.84 Å². The number of furan rings is 1. The van der Waals surface area contributed by atoms with Crippen molar-refractivity contribution in [2.45, 2.75) is 19.4 Å². The molecular weight excluding hydrogens is 446 g/mol. The van der Waals surface area contributed by atoms with Crippen molar-refractivity contribution in [3.05, 3.63) is 36.7 Å². The molecule has 5 heterocycles. The van der Waals surface area contributed by atoms with E-state index in [4.69, 9.17) is 13.9 Å². The second-order valence-corrected chi connectivity index (χ2v) is 10.5. The summed E-state index contributed by atoms with van der Waals surface area (Å²) in [5, 5.41) is 5.44. The summed E-state index contributed by atoms with van der Waals surface area (Å²) in [6.45, 7) is 4.51. The molecule has 0 aromatic carbocycles. The number of hydrogen-bond donors (Lipinski definition) is 0. The van der Waals surface area contributed by atoms with Crippen molar-refractivity contribution in [1.29, 1.82) is 0 Å². The Balaban J connectivity index is 1.44. The molecule has 0 spiro atoms. The van der Waals surface area contributed by atoms with E-state index in [2.05, 4.69) is 26.9 Å². The molecule has 0 unspecified atom stereocenters. The maximum atomic E-state index is 11.3. The van der Waals surface area contributed by atoms with Crippen molar-refractivity contribution in [1.82, 2.24) is 19.6 Å². The topological polar surface area (TPSA) is 112 Å². The van der Waals surface area contributed by atoms with Gasteiger partial charge in [0.25, 0.3) is 0 Å². The molecule has 10 nitrogen and oxygen atoms in total. The highest BCUT2D eigenvalue weighted by Gasteiger charge is 2.22. The molecule has 1 aliphatic heterocycles. The predicted octanol–water partition coefficient (Wildman–Crippen LogP) is 2.58. The molecule has 0 aliphatic carbocycles. The molecule has 1 fully saturated rings. The third kappa shape index (κ3) is 4.64. The van der Waals surface area contributed by atoms with Crippen molar-refractivity contribution in [3.8, 4) is 17.3 Å². The zero-order chi connectivity index (χ0) is 23.0. The van der Waals surface area contributed by atoms with E-state index in [0.717, 1.165) is 29.9 Å².